The molecular weight excluding hydrogens is 250 g/mol. The maximum absolute atomic E-state index is 12.4. The van der Waals surface area contributed by atoms with Crippen molar-refractivity contribution in [3.63, 3.8) is 0 Å². The quantitative estimate of drug-likeness (QED) is 0.911. The van der Waals surface area contributed by atoms with Gasteiger partial charge >= 0.3 is 0 Å². The smallest absolute Gasteiger partial charge is 0.227 e. The number of hydrogen-bond acceptors (Lipinski definition) is 2. The van der Waals surface area contributed by atoms with Crippen molar-refractivity contribution in [3.05, 3.63) is 47.5 Å². The van der Waals surface area contributed by atoms with Crippen LogP contribution < -0.4 is 5.32 Å². The molecule has 0 bridgehead atoms. The molecule has 20 heavy (non-hydrogen) atoms. The van der Waals surface area contributed by atoms with Crippen molar-refractivity contribution in [1.29, 1.82) is 0 Å². The summed E-state index contributed by atoms with van der Waals surface area (Å²) in [6.07, 6.45) is 5.35. The van der Waals surface area contributed by atoms with Crippen molar-refractivity contribution < 1.29 is 4.79 Å². The molecule has 0 saturated heterocycles. The number of carbonyl (C=O) groups is 1. The molecule has 2 aromatic rings. The fraction of sp³-hybridized carbons (Fsp3) is 0.375. The number of aryl methyl sites for hydroxylation is 2. The molecule has 2 heterocycles. The summed E-state index contributed by atoms with van der Waals surface area (Å²) in [5.74, 6) is 0.158. The molecule has 1 aliphatic heterocycles. The Morgan fingerprint density at radius 3 is 3.10 bits per heavy atom. The second-order valence-electron chi connectivity index (χ2n) is 5.50. The number of nitrogens with zero attached hydrogens (tertiary/aromatic N) is 2. The van der Waals surface area contributed by atoms with Gasteiger partial charge in [-0.15, -0.1) is 0 Å². The van der Waals surface area contributed by atoms with Crippen LogP contribution in [0.4, 0.5) is 5.69 Å². The average molecular weight is 269 g/mol. The molecule has 1 aliphatic rings. The summed E-state index contributed by atoms with van der Waals surface area (Å²) in [7, 11) is 0. The van der Waals surface area contributed by atoms with E-state index in [4.69, 9.17) is 0 Å². The van der Waals surface area contributed by atoms with Crippen LogP contribution >= 0.6 is 0 Å². The van der Waals surface area contributed by atoms with Crippen molar-refractivity contribution in [1.82, 2.24) is 9.55 Å². The van der Waals surface area contributed by atoms with Gasteiger partial charge in [-0.25, -0.2) is 4.98 Å². The number of carbonyl (C=O) groups excluding carboxylic acids is 1. The van der Waals surface area contributed by atoms with E-state index in [2.05, 4.69) is 27.9 Å². The highest BCUT2D eigenvalue weighted by atomic mass is 16.1. The molecule has 0 aliphatic carbocycles. The lowest BCUT2D eigenvalue weighted by Gasteiger charge is -2.23. The maximum atomic E-state index is 12.4. The Kier molecular flexibility index (Phi) is 3.30. The van der Waals surface area contributed by atoms with Gasteiger partial charge in [0.25, 0.3) is 0 Å². The number of fused-ring (bicyclic) bond motifs is 1. The first-order chi connectivity index (χ1) is 9.65. The SMILES string of the molecule is Cc1cccc(NC(=O)C2CCn3cncc3C2)c1C. The molecule has 0 fully saturated rings. The van der Waals surface area contributed by atoms with E-state index in [1.54, 1.807) is 0 Å². The van der Waals surface area contributed by atoms with Gasteiger partial charge in [0.2, 0.25) is 5.91 Å². The van der Waals surface area contributed by atoms with Gasteiger partial charge in [0, 0.05) is 36.5 Å². The molecule has 1 amide bonds. The van der Waals surface area contributed by atoms with E-state index in [0.717, 1.165) is 36.3 Å². The second-order valence-corrected chi connectivity index (χ2v) is 5.50. The number of imidazole rings is 1. The zero-order chi connectivity index (χ0) is 14.1. The highest BCUT2D eigenvalue weighted by Gasteiger charge is 2.25. The summed E-state index contributed by atoms with van der Waals surface area (Å²) < 4.78 is 2.13. The first-order valence-electron chi connectivity index (χ1n) is 7.01. The Morgan fingerprint density at radius 1 is 1.40 bits per heavy atom. The molecule has 4 heteroatoms. The molecule has 104 valence electrons. The van der Waals surface area contributed by atoms with E-state index >= 15 is 0 Å². The Hall–Kier alpha value is -2.10. The molecule has 0 spiro atoms. The predicted octanol–water partition coefficient (Wildman–Crippen LogP) is 2.70. The lowest BCUT2D eigenvalue weighted by molar-refractivity contribution is -0.120. The van der Waals surface area contributed by atoms with Crippen LogP contribution in [0.1, 0.15) is 23.2 Å². The number of benzene rings is 1. The normalized spacial score (nSPS) is 17.6. The number of nitrogens with one attached hydrogen (secondary N) is 1. The summed E-state index contributed by atoms with van der Waals surface area (Å²) in [5.41, 5.74) is 4.41. The number of anilines is 1. The lowest BCUT2D eigenvalue weighted by Crippen LogP contribution is -2.30. The predicted molar refractivity (Wildman–Crippen MR) is 78.6 cm³/mol. The molecule has 1 aromatic heterocycles. The molecule has 1 atom stereocenters. The Balaban J connectivity index is 1.73. The molecule has 1 N–H and O–H groups in total. The Morgan fingerprint density at radius 2 is 2.25 bits per heavy atom. The van der Waals surface area contributed by atoms with Crippen molar-refractivity contribution in [3.8, 4) is 0 Å². The standard InChI is InChI=1S/C16H19N3O/c1-11-4-3-5-15(12(11)2)18-16(20)13-6-7-19-10-17-9-14(19)8-13/h3-5,9-10,13H,6-8H2,1-2H3,(H,18,20). The highest BCUT2D eigenvalue weighted by molar-refractivity contribution is 5.93. The first kappa shape index (κ1) is 12.9. The lowest BCUT2D eigenvalue weighted by atomic mass is 9.95. The van der Waals surface area contributed by atoms with Crippen molar-refractivity contribution in [2.24, 2.45) is 5.92 Å². The average Bonchev–Trinajstić information content (AvgIpc) is 2.91. The summed E-state index contributed by atoms with van der Waals surface area (Å²) in [4.78, 5) is 16.6. The molecule has 0 saturated carbocycles. The number of aromatic nitrogens is 2. The molecule has 1 aromatic carbocycles. The summed E-state index contributed by atoms with van der Waals surface area (Å²) in [5, 5.41) is 3.08. The van der Waals surface area contributed by atoms with Gasteiger partial charge in [0.15, 0.2) is 0 Å². The molecule has 4 nitrogen and oxygen atoms in total. The minimum Gasteiger partial charge on any atom is -0.335 e. The number of hydrogen-bond donors (Lipinski definition) is 1. The van der Waals surface area contributed by atoms with E-state index in [9.17, 15) is 4.79 Å². The van der Waals surface area contributed by atoms with Crippen LogP contribution in [0.2, 0.25) is 0 Å². The topological polar surface area (TPSA) is 46.9 Å². The third-order valence-corrected chi connectivity index (χ3v) is 4.21. The molecule has 0 radical (unpaired) electrons. The van der Waals surface area contributed by atoms with Gasteiger partial charge in [-0.05, 0) is 37.5 Å². The maximum Gasteiger partial charge on any atom is 0.227 e. The molecule has 1 unspecified atom stereocenters. The third-order valence-electron chi connectivity index (χ3n) is 4.21. The minimum atomic E-state index is 0.0408. The molecule has 3 rings (SSSR count). The zero-order valence-electron chi connectivity index (χ0n) is 11.9. The van der Waals surface area contributed by atoms with E-state index < -0.39 is 0 Å². The van der Waals surface area contributed by atoms with Crippen LogP contribution in [-0.2, 0) is 17.8 Å². The van der Waals surface area contributed by atoms with E-state index in [1.807, 2.05) is 31.6 Å². The van der Waals surface area contributed by atoms with Crippen LogP contribution in [0.3, 0.4) is 0 Å². The monoisotopic (exact) mass is 269 g/mol. The van der Waals surface area contributed by atoms with E-state index in [0.29, 0.717) is 0 Å². The number of amides is 1. The fourth-order valence-corrected chi connectivity index (χ4v) is 2.71. The largest absolute Gasteiger partial charge is 0.335 e. The first-order valence-corrected chi connectivity index (χ1v) is 7.01. The second kappa shape index (κ2) is 5.12. The van der Waals surface area contributed by atoms with Gasteiger partial charge in [0.1, 0.15) is 0 Å². The highest BCUT2D eigenvalue weighted by Crippen LogP contribution is 2.23. The van der Waals surface area contributed by atoms with Crippen LogP contribution in [0.5, 0.6) is 0 Å². The van der Waals surface area contributed by atoms with Crippen molar-refractivity contribution >= 4 is 11.6 Å². The third kappa shape index (κ3) is 2.33. The summed E-state index contributed by atoms with van der Waals surface area (Å²) in [6.45, 7) is 4.98. The van der Waals surface area contributed by atoms with Crippen LogP contribution in [-0.4, -0.2) is 15.5 Å². The van der Waals surface area contributed by atoms with Crippen molar-refractivity contribution in [2.75, 3.05) is 5.32 Å². The van der Waals surface area contributed by atoms with Crippen LogP contribution in [0, 0.1) is 19.8 Å². The van der Waals surface area contributed by atoms with Crippen molar-refractivity contribution in [2.45, 2.75) is 33.2 Å². The van der Waals surface area contributed by atoms with Gasteiger partial charge in [-0.2, -0.15) is 0 Å². The van der Waals surface area contributed by atoms with E-state index in [-0.39, 0.29) is 11.8 Å². The van der Waals surface area contributed by atoms with Crippen LogP contribution in [0.15, 0.2) is 30.7 Å². The zero-order valence-corrected chi connectivity index (χ0v) is 11.9. The summed E-state index contributed by atoms with van der Waals surface area (Å²) in [6, 6.07) is 6.01. The van der Waals surface area contributed by atoms with Gasteiger partial charge in [-0.3, -0.25) is 4.79 Å². The fourth-order valence-electron chi connectivity index (χ4n) is 2.71. The van der Waals surface area contributed by atoms with E-state index in [1.165, 1.54) is 5.56 Å². The molecular formula is C16H19N3O. The van der Waals surface area contributed by atoms with Gasteiger partial charge in [-0.1, -0.05) is 12.1 Å². The summed E-state index contributed by atoms with van der Waals surface area (Å²) >= 11 is 0. The Bertz CT molecular complexity index is 645. The van der Waals surface area contributed by atoms with Gasteiger partial charge < -0.3 is 9.88 Å². The number of rotatable bonds is 2. The van der Waals surface area contributed by atoms with Crippen LogP contribution in [0.25, 0.3) is 0 Å². The Labute approximate surface area is 118 Å². The van der Waals surface area contributed by atoms with Gasteiger partial charge in [0.05, 0.1) is 6.33 Å². The minimum absolute atomic E-state index is 0.0408.